The van der Waals surface area contributed by atoms with E-state index < -0.39 is 0 Å². The van der Waals surface area contributed by atoms with Crippen LogP contribution < -0.4 is 15.8 Å². The number of thiophene rings is 1. The SMILES string of the molecule is COc1cccc(NCCc2ccc(Br)s2)c1N. The number of halogens is 1. The van der Waals surface area contributed by atoms with Crippen molar-refractivity contribution in [1.82, 2.24) is 0 Å². The van der Waals surface area contributed by atoms with E-state index in [1.807, 2.05) is 18.2 Å². The van der Waals surface area contributed by atoms with Crippen LogP contribution in [0.2, 0.25) is 0 Å². The fourth-order valence-corrected chi connectivity index (χ4v) is 3.17. The highest BCUT2D eigenvalue weighted by Crippen LogP contribution is 2.29. The van der Waals surface area contributed by atoms with Crippen LogP contribution >= 0.6 is 27.3 Å². The van der Waals surface area contributed by atoms with Crippen LogP contribution in [-0.4, -0.2) is 13.7 Å². The van der Waals surface area contributed by atoms with Gasteiger partial charge in [-0.1, -0.05) is 6.07 Å². The second-order valence-electron chi connectivity index (χ2n) is 3.80. The van der Waals surface area contributed by atoms with E-state index in [2.05, 4.69) is 33.4 Å². The molecule has 2 aromatic rings. The Morgan fingerprint density at radius 1 is 1.33 bits per heavy atom. The van der Waals surface area contributed by atoms with Crippen LogP contribution in [0.25, 0.3) is 0 Å². The molecule has 1 aromatic heterocycles. The van der Waals surface area contributed by atoms with Crippen molar-refractivity contribution in [3.05, 3.63) is 39.0 Å². The number of nitrogen functional groups attached to an aromatic ring is 1. The van der Waals surface area contributed by atoms with Crippen molar-refractivity contribution in [3.63, 3.8) is 0 Å². The number of ether oxygens (including phenoxy) is 1. The molecule has 0 bridgehead atoms. The van der Waals surface area contributed by atoms with Gasteiger partial charge < -0.3 is 15.8 Å². The lowest BCUT2D eigenvalue weighted by Crippen LogP contribution is -2.06. The van der Waals surface area contributed by atoms with Crippen LogP contribution in [0.1, 0.15) is 4.88 Å². The summed E-state index contributed by atoms with van der Waals surface area (Å²) < 4.78 is 6.35. The Labute approximate surface area is 119 Å². The van der Waals surface area contributed by atoms with E-state index in [1.54, 1.807) is 18.4 Å². The molecule has 0 unspecified atom stereocenters. The van der Waals surface area contributed by atoms with Crippen LogP contribution in [-0.2, 0) is 6.42 Å². The molecule has 0 aliphatic heterocycles. The molecule has 0 saturated carbocycles. The summed E-state index contributed by atoms with van der Waals surface area (Å²) in [6.07, 6.45) is 0.979. The molecule has 96 valence electrons. The highest BCUT2D eigenvalue weighted by molar-refractivity contribution is 9.11. The van der Waals surface area contributed by atoms with Crippen molar-refractivity contribution in [2.24, 2.45) is 0 Å². The second-order valence-corrected chi connectivity index (χ2v) is 6.35. The molecule has 0 aliphatic rings. The van der Waals surface area contributed by atoms with E-state index in [0.717, 1.165) is 18.7 Å². The van der Waals surface area contributed by atoms with Gasteiger partial charge in [0, 0.05) is 11.4 Å². The highest BCUT2D eigenvalue weighted by Gasteiger charge is 2.04. The van der Waals surface area contributed by atoms with Crippen molar-refractivity contribution in [2.45, 2.75) is 6.42 Å². The van der Waals surface area contributed by atoms with E-state index in [-0.39, 0.29) is 0 Å². The number of anilines is 2. The summed E-state index contributed by atoms with van der Waals surface area (Å²) in [5, 5.41) is 3.33. The van der Waals surface area contributed by atoms with Gasteiger partial charge in [-0.25, -0.2) is 0 Å². The number of hydrogen-bond acceptors (Lipinski definition) is 4. The molecule has 0 fully saturated rings. The predicted octanol–water partition coefficient (Wildman–Crippen LogP) is 3.76. The molecular weight excluding hydrogens is 312 g/mol. The second kappa shape index (κ2) is 6.11. The number of nitrogens with one attached hydrogen (secondary N) is 1. The minimum Gasteiger partial charge on any atom is -0.495 e. The predicted molar refractivity (Wildman–Crippen MR) is 81.6 cm³/mol. The van der Waals surface area contributed by atoms with Gasteiger partial charge in [0.05, 0.1) is 22.3 Å². The van der Waals surface area contributed by atoms with Crippen molar-refractivity contribution in [1.29, 1.82) is 0 Å². The standard InChI is InChI=1S/C13H15BrN2OS/c1-17-11-4-2-3-10(13(11)15)16-8-7-9-5-6-12(14)18-9/h2-6,16H,7-8,15H2,1H3. The molecule has 5 heteroatoms. The molecule has 0 amide bonds. The Bertz CT molecular complexity index is 527. The molecule has 0 aliphatic carbocycles. The van der Waals surface area contributed by atoms with Gasteiger partial charge in [-0.15, -0.1) is 11.3 Å². The molecule has 0 spiro atoms. The van der Waals surface area contributed by atoms with Crippen molar-refractivity contribution < 1.29 is 4.74 Å². The zero-order valence-corrected chi connectivity index (χ0v) is 12.5. The van der Waals surface area contributed by atoms with Crippen LogP contribution in [0.4, 0.5) is 11.4 Å². The molecule has 3 nitrogen and oxygen atoms in total. The van der Waals surface area contributed by atoms with Gasteiger partial charge in [-0.2, -0.15) is 0 Å². The smallest absolute Gasteiger partial charge is 0.143 e. The first kappa shape index (κ1) is 13.2. The van der Waals surface area contributed by atoms with E-state index in [4.69, 9.17) is 10.5 Å². The summed E-state index contributed by atoms with van der Waals surface area (Å²) in [4.78, 5) is 1.34. The summed E-state index contributed by atoms with van der Waals surface area (Å²) in [5.41, 5.74) is 7.57. The van der Waals surface area contributed by atoms with Gasteiger partial charge >= 0.3 is 0 Å². The number of hydrogen-bond donors (Lipinski definition) is 2. The quantitative estimate of drug-likeness (QED) is 0.822. The summed E-state index contributed by atoms with van der Waals surface area (Å²) >= 11 is 5.22. The molecule has 1 aromatic carbocycles. The summed E-state index contributed by atoms with van der Waals surface area (Å²) in [7, 11) is 1.62. The average Bonchev–Trinajstić information content (AvgIpc) is 2.77. The molecule has 3 N–H and O–H groups in total. The minimum atomic E-state index is 0.660. The van der Waals surface area contributed by atoms with Gasteiger partial charge in [-0.05, 0) is 46.6 Å². The number of nitrogens with two attached hydrogens (primary N) is 1. The molecular formula is C13H15BrN2OS. The molecule has 0 saturated heterocycles. The van der Waals surface area contributed by atoms with E-state index in [0.29, 0.717) is 11.4 Å². The number of benzene rings is 1. The minimum absolute atomic E-state index is 0.660. The number of rotatable bonds is 5. The zero-order chi connectivity index (χ0) is 13.0. The molecule has 2 rings (SSSR count). The van der Waals surface area contributed by atoms with Gasteiger partial charge in [0.25, 0.3) is 0 Å². The Morgan fingerprint density at radius 2 is 2.17 bits per heavy atom. The largest absolute Gasteiger partial charge is 0.495 e. The maximum Gasteiger partial charge on any atom is 0.143 e. The first-order valence-electron chi connectivity index (χ1n) is 5.61. The highest BCUT2D eigenvalue weighted by atomic mass is 79.9. The summed E-state index contributed by atoms with van der Waals surface area (Å²) in [6, 6.07) is 9.95. The zero-order valence-electron chi connectivity index (χ0n) is 10.1. The van der Waals surface area contributed by atoms with Crippen molar-refractivity contribution in [2.75, 3.05) is 24.7 Å². The topological polar surface area (TPSA) is 47.3 Å². The molecule has 0 atom stereocenters. The fraction of sp³-hybridized carbons (Fsp3) is 0.231. The Kier molecular flexibility index (Phi) is 4.49. The van der Waals surface area contributed by atoms with Gasteiger partial charge in [0.15, 0.2) is 0 Å². The van der Waals surface area contributed by atoms with Crippen molar-refractivity contribution >= 4 is 38.6 Å². The third kappa shape index (κ3) is 3.17. The first-order valence-corrected chi connectivity index (χ1v) is 7.22. The van der Waals surface area contributed by atoms with Crippen molar-refractivity contribution in [3.8, 4) is 5.75 Å². The lowest BCUT2D eigenvalue weighted by molar-refractivity contribution is 0.417. The maximum absolute atomic E-state index is 5.99. The molecule has 0 radical (unpaired) electrons. The summed E-state index contributed by atoms with van der Waals surface area (Å²) in [5.74, 6) is 0.707. The fourth-order valence-electron chi connectivity index (χ4n) is 1.68. The van der Waals surface area contributed by atoms with Crippen LogP contribution in [0.5, 0.6) is 5.75 Å². The van der Waals surface area contributed by atoms with E-state index in [1.165, 1.54) is 8.66 Å². The average molecular weight is 327 g/mol. The summed E-state index contributed by atoms with van der Waals surface area (Å²) in [6.45, 7) is 0.852. The number of methoxy groups -OCH3 is 1. The van der Waals surface area contributed by atoms with Gasteiger partial charge in [0.2, 0.25) is 0 Å². The first-order chi connectivity index (χ1) is 8.70. The molecule has 18 heavy (non-hydrogen) atoms. The van der Waals surface area contributed by atoms with Crippen LogP contribution in [0.3, 0.4) is 0 Å². The Hall–Kier alpha value is -1.20. The van der Waals surface area contributed by atoms with E-state index >= 15 is 0 Å². The normalized spacial score (nSPS) is 10.3. The monoisotopic (exact) mass is 326 g/mol. The van der Waals surface area contributed by atoms with E-state index in [9.17, 15) is 0 Å². The maximum atomic E-state index is 5.99. The van der Waals surface area contributed by atoms with Gasteiger partial charge in [-0.3, -0.25) is 0 Å². The van der Waals surface area contributed by atoms with Crippen LogP contribution in [0.15, 0.2) is 34.1 Å². The lowest BCUT2D eigenvalue weighted by atomic mass is 10.2. The Morgan fingerprint density at radius 3 is 2.83 bits per heavy atom. The van der Waals surface area contributed by atoms with Gasteiger partial charge in [0.1, 0.15) is 5.75 Å². The van der Waals surface area contributed by atoms with Crippen LogP contribution in [0, 0.1) is 0 Å². The molecule has 1 heterocycles. The Balaban J connectivity index is 1.94. The third-order valence-corrected chi connectivity index (χ3v) is 4.29. The lowest BCUT2D eigenvalue weighted by Gasteiger charge is -2.11. The third-order valence-electron chi connectivity index (χ3n) is 2.60. The number of para-hydroxylation sites is 1.